The van der Waals surface area contributed by atoms with Crippen LogP contribution in [0.4, 0.5) is 0 Å². The number of nitrogens with zero attached hydrogens (tertiary/aromatic N) is 1. The van der Waals surface area contributed by atoms with Crippen molar-refractivity contribution in [2.75, 3.05) is 13.1 Å². The lowest BCUT2D eigenvalue weighted by molar-refractivity contribution is -0.129. The van der Waals surface area contributed by atoms with E-state index in [2.05, 4.69) is 12.1 Å². The van der Waals surface area contributed by atoms with Gasteiger partial charge in [-0.2, -0.15) is 0 Å². The molecule has 1 heterocycles. The van der Waals surface area contributed by atoms with Crippen LogP contribution < -0.4 is 0 Å². The molecule has 1 atom stereocenters. The number of carboxylic acid groups (broad SMARTS) is 1. The second-order valence-corrected chi connectivity index (χ2v) is 5.88. The molecule has 1 aliphatic rings. The summed E-state index contributed by atoms with van der Waals surface area (Å²) in [6.45, 7) is 1.44. The Labute approximate surface area is 135 Å². The van der Waals surface area contributed by atoms with Gasteiger partial charge in [0.1, 0.15) is 0 Å². The molecule has 23 heavy (non-hydrogen) atoms. The van der Waals surface area contributed by atoms with Gasteiger partial charge in [-0.3, -0.25) is 4.79 Å². The molecule has 0 radical (unpaired) electrons. The lowest BCUT2D eigenvalue weighted by Gasteiger charge is -2.17. The van der Waals surface area contributed by atoms with E-state index in [1.165, 1.54) is 5.56 Å². The predicted molar refractivity (Wildman–Crippen MR) is 87.5 cm³/mol. The summed E-state index contributed by atoms with van der Waals surface area (Å²) in [5.74, 6) is -0.621. The summed E-state index contributed by atoms with van der Waals surface area (Å²) < 4.78 is 0. The van der Waals surface area contributed by atoms with Gasteiger partial charge < -0.3 is 10.0 Å². The highest BCUT2D eigenvalue weighted by molar-refractivity contribution is 5.91. The normalized spacial score (nSPS) is 17.2. The van der Waals surface area contributed by atoms with E-state index in [0.717, 1.165) is 13.0 Å². The maximum absolute atomic E-state index is 12.5. The molecule has 1 amide bonds. The summed E-state index contributed by atoms with van der Waals surface area (Å²) in [7, 11) is 0. The van der Waals surface area contributed by atoms with E-state index in [1.807, 2.05) is 23.1 Å². The van der Waals surface area contributed by atoms with E-state index in [1.54, 1.807) is 24.3 Å². The molecular weight excluding hydrogens is 290 g/mol. The van der Waals surface area contributed by atoms with Crippen LogP contribution in [0.15, 0.2) is 54.6 Å². The van der Waals surface area contributed by atoms with Crippen LogP contribution in [-0.2, 0) is 11.2 Å². The SMILES string of the molecule is O=C(O)c1ccccc1CC(=O)N1CCC(c2ccccc2)C1. The number of amides is 1. The largest absolute Gasteiger partial charge is 0.478 e. The molecule has 1 aliphatic heterocycles. The molecule has 1 saturated heterocycles. The summed E-state index contributed by atoms with van der Waals surface area (Å²) in [4.78, 5) is 25.6. The zero-order valence-corrected chi connectivity index (χ0v) is 12.8. The third-order valence-electron chi connectivity index (χ3n) is 4.40. The summed E-state index contributed by atoms with van der Waals surface area (Å²) >= 11 is 0. The van der Waals surface area contributed by atoms with E-state index in [4.69, 9.17) is 0 Å². The van der Waals surface area contributed by atoms with E-state index in [0.29, 0.717) is 18.0 Å². The molecule has 1 N–H and O–H groups in total. The summed E-state index contributed by atoms with van der Waals surface area (Å²) in [6, 6.07) is 16.9. The van der Waals surface area contributed by atoms with Gasteiger partial charge in [0, 0.05) is 19.0 Å². The van der Waals surface area contributed by atoms with Crippen LogP contribution in [0.2, 0.25) is 0 Å². The lowest BCUT2D eigenvalue weighted by atomic mass is 9.99. The van der Waals surface area contributed by atoms with Crippen LogP contribution in [0.5, 0.6) is 0 Å². The van der Waals surface area contributed by atoms with E-state index < -0.39 is 5.97 Å². The van der Waals surface area contributed by atoms with Crippen molar-refractivity contribution in [1.29, 1.82) is 0 Å². The van der Waals surface area contributed by atoms with Gasteiger partial charge >= 0.3 is 5.97 Å². The number of carboxylic acids is 1. The van der Waals surface area contributed by atoms with E-state index >= 15 is 0 Å². The van der Waals surface area contributed by atoms with Gasteiger partial charge in [0.25, 0.3) is 0 Å². The first-order valence-electron chi connectivity index (χ1n) is 7.79. The van der Waals surface area contributed by atoms with Crippen molar-refractivity contribution in [2.45, 2.75) is 18.8 Å². The van der Waals surface area contributed by atoms with Crippen LogP contribution in [-0.4, -0.2) is 35.0 Å². The van der Waals surface area contributed by atoms with Crippen molar-refractivity contribution in [1.82, 2.24) is 4.90 Å². The van der Waals surface area contributed by atoms with Crippen molar-refractivity contribution in [3.8, 4) is 0 Å². The molecule has 0 bridgehead atoms. The average Bonchev–Trinajstić information content (AvgIpc) is 3.06. The van der Waals surface area contributed by atoms with Crippen LogP contribution in [0.25, 0.3) is 0 Å². The summed E-state index contributed by atoms with van der Waals surface area (Å²) in [5, 5.41) is 9.21. The van der Waals surface area contributed by atoms with E-state index in [-0.39, 0.29) is 17.9 Å². The molecule has 0 aromatic heterocycles. The zero-order chi connectivity index (χ0) is 16.2. The zero-order valence-electron chi connectivity index (χ0n) is 12.8. The topological polar surface area (TPSA) is 57.6 Å². The van der Waals surface area contributed by atoms with Crippen LogP contribution in [0, 0.1) is 0 Å². The van der Waals surface area contributed by atoms with Gasteiger partial charge in [0.15, 0.2) is 0 Å². The highest BCUT2D eigenvalue weighted by Gasteiger charge is 2.27. The van der Waals surface area contributed by atoms with Crippen molar-refractivity contribution in [3.05, 3.63) is 71.3 Å². The quantitative estimate of drug-likeness (QED) is 0.944. The Morgan fingerprint density at radius 3 is 2.48 bits per heavy atom. The first-order valence-corrected chi connectivity index (χ1v) is 7.79. The molecule has 4 heteroatoms. The van der Waals surface area contributed by atoms with Crippen molar-refractivity contribution in [2.24, 2.45) is 0 Å². The average molecular weight is 309 g/mol. The first-order chi connectivity index (χ1) is 11.1. The number of carbonyl (C=O) groups is 2. The van der Waals surface area contributed by atoms with Crippen LogP contribution >= 0.6 is 0 Å². The van der Waals surface area contributed by atoms with E-state index in [9.17, 15) is 14.7 Å². The Kier molecular flexibility index (Phi) is 4.42. The first kappa shape index (κ1) is 15.3. The molecule has 1 fully saturated rings. The second kappa shape index (κ2) is 6.65. The maximum atomic E-state index is 12.5. The molecule has 1 unspecified atom stereocenters. The molecular formula is C19H19NO3. The molecule has 2 aromatic rings. The number of likely N-dealkylation sites (tertiary alicyclic amines) is 1. The Bertz CT molecular complexity index is 712. The third kappa shape index (κ3) is 3.42. The molecule has 3 rings (SSSR count). The fourth-order valence-corrected chi connectivity index (χ4v) is 3.14. The third-order valence-corrected chi connectivity index (χ3v) is 4.40. The predicted octanol–water partition coefficient (Wildman–Crippen LogP) is 2.94. The van der Waals surface area contributed by atoms with Gasteiger partial charge in [-0.1, -0.05) is 48.5 Å². The number of aromatic carboxylic acids is 1. The summed E-state index contributed by atoms with van der Waals surface area (Å²) in [5.41, 5.74) is 2.04. The van der Waals surface area contributed by atoms with Crippen LogP contribution in [0.3, 0.4) is 0 Å². The molecule has 4 nitrogen and oxygen atoms in total. The van der Waals surface area contributed by atoms with Gasteiger partial charge in [-0.25, -0.2) is 4.79 Å². The van der Waals surface area contributed by atoms with Gasteiger partial charge in [0.05, 0.1) is 12.0 Å². The number of hydrogen-bond donors (Lipinski definition) is 1. The Balaban J connectivity index is 1.67. The molecule has 118 valence electrons. The standard InChI is InChI=1S/C19H19NO3/c21-18(12-15-8-4-5-9-17(15)19(22)23)20-11-10-16(13-20)14-6-2-1-3-7-14/h1-9,16H,10-13H2,(H,22,23). The van der Waals surface area contributed by atoms with Gasteiger partial charge in [-0.05, 0) is 23.6 Å². The Morgan fingerprint density at radius 1 is 1.04 bits per heavy atom. The number of benzene rings is 2. The number of rotatable bonds is 4. The van der Waals surface area contributed by atoms with Crippen molar-refractivity contribution < 1.29 is 14.7 Å². The minimum atomic E-state index is -0.989. The highest BCUT2D eigenvalue weighted by atomic mass is 16.4. The fraction of sp³-hybridized carbons (Fsp3) is 0.263. The fourth-order valence-electron chi connectivity index (χ4n) is 3.14. The smallest absolute Gasteiger partial charge is 0.335 e. The molecule has 0 saturated carbocycles. The number of hydrogen-bond acceptors (Lipinski definition) is 2. The van der Waals surface area contributed by atoms with Gasteiger partial charge in [0.2, 0.25) is 5.91 Å². The molecule has 0 spiro atoms. The van der Waals surface area contributed by atoms with Crippen molar-refractivity contribution in [3.63, 3.8) is 0 Å². The second-order valence-electron chi connectivity index (χ2n) is 5.88. The lowest BCUT2D eigenvalue weighted by Crippen LogP contribution is -2.30. The maximum Gasteiger partial charge on any atom is 0.335 e. The highest BCUT2D eigenvalue weighted by Crippen LogP contribution is 2.27. The van der Waals surface area contributed by atoms with Gasteiger partial charge in [-0.15, -0.1) is 0 Å². The minimum absolute atomic E-state index is 0.00266. The molecule has 2 aromatic carbocycles. The monoisotopic (exact) mass is 309 g/mol. The van der Waals surface area contributed by atoms with Crippen LogP contribution in [0.1, 0.15) is 33.8 Å². The minimum Gasteiger partial charge on any atom is -0.478 e. The number of carbonyl (C=O) groups excluding carboxylic acids is 1. The van der Waals surface area contributed by atoms with Crippen molar-refractivity contribution >= 4 is 11.9 Å². The Morgan fingerprint density at radius 2 is 1.74 bits per heavy atom. The molecule has 0 aliphatic carbocycles. The summed E-state index contributed by atoms with van der Waals surface area (Å²) in [6.07, 6.45) is 1.10. The Hall–Kier alpha value is -2.62.